The summed E-state index contributed by atoms with van der Waals surface area (Å²) < 4.78 is 232. The predicted octanol–water partition coefficient (Wildman–Crippen LogP) is 14.9. The zero-order chi connectivity index (χ0) is 79.2. The van der Waals surface area contributed by atoms with Gasteiger partial charge in [-0.2, -0.15) is 84.3 Å². The van der Waals surface area contributed by atoms with Gasteiger partial charge in [-0.05, 0) is 121 Å². The molecule has 0 aliphatic heterocycles. The first kappa shape index (κ1) is 91.9. The zero-order valence-corrected chi connectivity index (χ0v) is 56.0. The summed E-state index contributed by atoms with van der Waals surface area (Å²) in [5.74, 6) is -6.08. The van der Waals surface area contributed by atoms with Gasteiger partial charge in [0, 0.05) is 24.9 Å². The topological polar surface area (TPSA) is 264 Å². The fourth-order valence-corrected chi connectivity index (χ4v) is 9.16. The van der Waals surface area contributed by atoms with Crippen molar-refractivity contribution in [1.29, 1.82) is 5.26 Å². The fraction of sp³-hybridized carbons (Fsp3) is 0.400. The summed E-state index contributed by atoms with van der Waals surface area (Å²) in [6.07, 6.45) is -29.4. The number of halogens is 18. The number of hydrogen-bond donors (Lipinski definition) is 6. The Balaban J connectivity index is 0.000000620. The molecule has 0 bridgehead atoms. The van der Waals surface area contributed by atoms with Crippen LogP contribution in [0, 0.1) is 35.0 Å². The number of alkyl halides is 18. The maximum Gasteiger partial charge on any atom is 0.416 e. The fourth-order valence-electron chi connectivity index (χ4n) is 9.16. The summed E-state index contributed by atoms with van der Waals surface area (Å²) in [5.41, 5.74) is 6.49. The highest BCUT2D eigenvalue weighted by atomic mass is 19.4. The van der Waals surface area contributed by atoms with E-state index in [1.54, 1.807) is 39.8 Å². The summed E-state index contributed by atoms with van der Waals surface area (Å²) in [6.45, 7) is 7.71. The summed E-state index contributed by atoms with van der Waals surface area (Å²) in [5, 5.41) is 45.5. The Labute approximate surface area is 580 Å². The minimum absolute atomic E-state index is 0.0161. The molecule has 0 fully saturated rings. The quantitative estimate of drug-likeness (QED) is 0.0129. The van der Waals surface area contributed by atoms with E-state index in [-0.39, 0.29) is 84.4 Å². The van der Waals surface area contributed by atoms with Crippen molar-refractivity contribution in [2.24, 2.45) is 35.1 Å². The van der Waals surface area contributed by atoms with Crippen LogP contribution < -0.4 is 11.5 Å². The average molecular weight is 1490 g/mol. The van der Waals surface area contributed by atoms with Gasteiger partial charge in [0.15, 0.2) is 6.10 Å². The lowest BCUT2D eigenvalue weighted by Crippen LogP contribution is -2.43. The number of carbonyl (C=O) groups is 5. The van der Waals surface area contributed by atoms with Crippen LogP contribution in [0.2, 0.25) is 0 Å². The van der Waals surface area contributed by atoms with Gasteiger partial charge in [0.25, 0.3) is 0 Å². The number of aliphatic carboxylic acids is 2. The molecule has 0 heterocycles. The largest absolute Gasteiger partial charge is 0.481 e. The lowest BCUT2D eigenvalue weighted by atomic mass is 9.93. The predicted molar refractivity (Wildman–Crippen MR) is 339 cm³/mol. The first-order chi connectivity index (χ1) is 47.5. The minimum atomic E-state index is -4.51. The number of benzene rings is 6. The van der Waals surface area contributed by atoms with E-state index in [9.17, 15) is 113 Å². The number of aliphatic hydroxyl groups is 2. The van der Waals surface area contributed by atoms with Crippen molar-refractivity contribution in [3.63, 3.8) is 0 Å². The van der Waals surface area contributed by atoms with Gasteiger partial charge in [0.1, 0.15) is 18.4 Å². The molecule has 8 N–H and O–H groups in total. The van der Waals surface area contributed by atoms with Crippen molar-refractivity contribution in [2.45, 2.75) is 134 Å². The number of esters is 1. The molecular weight excluding hydrogens is 1410 g/mol. The van der Waals surface area contributed by atoms with Crippen molar-refractivity contribution in [3.8, 4) is 6.07 Å². The Kier molecular flexibility index (Phi) is 37.4. The summed E-state index contributed by atoms with van der Waals surface area (Å²) in [7, 11) is 2.75. The van der Waals surface area contributed by atoms with Crippen molar-refractivity contribution in [2.75, 3.05) is 20.8 Å². The number of ether oxygens (including phenoxy) is 1. The molecule has 1 amide bonds. The molecule has 0 spiro atoms. The smallest absolute Gasteiger partial charge is 0.416 e. The number of hydroxylamine groups is 2. The molecule has 6 aromatic carbocycles. The number of carboxylic acids is 2. The molecule has 103 heavy (non-hydrogen) atoms. The van der Waals surface area contributed by atoms with Crippen LogP contribution in [0.3, 0.4) is 0 Å². The van der Waals surface area contributed by atoms with Gasteiger partial charge in [0.2, 0.25) is 5.91 Å². The van der Waals surface area contributed by atoms with Crippen molar-refractivity contribution < 1.29 is 133 Å². The molecule has 6 rings (SSSR count). The van der Waals surface area contributed by atoms with Crippen LogP contribution in [0.1, 0.15) is 101 Å². The van der Waals surface area contributed by atoms with Crippen LogP contribution >= 0.6 is 0 Å². The van der Waals surface area contributed by atoms with Gasteiger partial charge in [-0.15, -0.1) is 0 Å². The maximum atomic E-state index is 12.8. The molecule has 0 aliphatic rings. The number of carboxylic acid groups (broad SMARTS) is 2. The average Bonchev–Trinajstić information content (AvgIpc) is 0.877. The number of aliphatic hydroxyl groups excluding tert-OH is 2. The van der Waals surface area contributed by atoms with E-state index in [2.05, 4.69) is 4.74 Å². The van der Waals surface area contributed by atoms with Gasteiger partial charge in [-0.25, -0.2) is 9.86 Å². The highest BCUT2D eigenvalue weighted by molar-refractivity contribution is 5.77. The molecule has 0 radical (unpaired) electrons. The van der Waals surface area contributed by atoms with Gasteiger partial charge >= 0.3 is 55.0 Å². The highest BCUT2D eigenvalue weighted by Gasteiger charge is 2.39. The third-order valence-electron chi connectivity index (χ3n) is 14.5. The summed E-state index contributed by atoms with van der Waals surface area (Å²) in [4.78, 5) is 59.2. The highest BCUT2D eigenvalue weighted by Crippen LogP contribution is 2.38. The molecule has 1 unspecified atom stereocenters. The Morgan fingerprint density at radius 2 is 0.757 bits per heavy atom. The Bertz CT molecular complexity index is 3590. The van der Waals surface area contributed by atoms with Gasteiger partial charge in [0.05, 0.1) is 59.1 Å². The molecule has 15 nitrogen and oxygen atoms in total. The molecular formula is C70H76F18N4O11. The first-order valence-electron chi connectivity index (χ1n) is 30.6. The van der Waals surface area contributed by atoms with Crippen LogP contribution in [-0.4, -0.2) is 101 Å². The number of amides is 1. The third kappa shape index (κ3) is 32.4. The van der Waals surface area contributed by atoms with Gasteiger partial charge in [-0.1, -0.05) is 137 Å². The van der Waals surface area contributed by atoms with E-state index in [4.69, 9.17) is 31.8 Å². The molecule has 6 aromatic rings. The van der Waals surface area contributed by atoms with Crippen molar-refractivity contribution >= 4 is 30.1 Å². The summed E-state index contributed by atoms with van der Waals surface area (Å²) in [6, 6.07) is 29.6. The third-order valence-corrected chi connectivity index (χ3v) is 14.5. The van der Waals surface area contributed by atoms with Crippen LogP contribution in [0.25, 0.3) is 0 Å². The maximum absolute atomic E-state index is 12.8. The van der Waals surface area contributed by atoms with Crippen molar-refractivity contribution in [1.82, 2.24) is 5.06 Å². The molecule has 0 saturated heterocycles. The van der Waals surface area contributed by atoms with E-state index in [1.165, 1.54) is 124 Å². The second-order valence-corrected chi connectivity index (χ2v) is 22.8. The van der Waals surface area contributed by atoms with E-state index in [0.29, 0.717) is 6.29 Å². The molecule has 0 saturated carbocycles. The number of nitrogens with two attached hydrogens (primary N) is 2. The number of nitrogens with zero attached hydrogens (tertiary/aromatic N) is 2. The Morgan fingerprint density at radius 3 is 1.03 bits per heavy atom. The lowest BCUT2D eigenvalue weighted by molar-refractivity contribution is -0.173. The number of carbonyl (C=O) groups excluding carboxylic acids is 3. The Morgan fingerprint density at radius 1 is 0.476 bits per heavy atom. The van der Waals surface area contributed by atoms with Crippen LogP contribution in [0.5, 0.6) is 0 Å². The second-order valence-electron chi connectivity index (χ2n) is 22.8. The number of aldehydes is 1. The number of hydrogen-bond acceptors (Lipinski definition) is 12. The molecule has 8 atom stereocenters. The van der Waals surface area contributed by atoms with E-state index < -0.39 is 136 Å². The van der Waals surface area contributed by atoms with Crippen LogP contribution in [-0.2, 0) is 109 Å². The Hall–Kier alpha value is -9.10. The standard InChI is InChI=1S/C13H16F3NO3.C13H16F3NO2.C12H12F3NO.C11H11F3O2.C11H11F3O.C10H10F3NO2/c1-2-20-12(19)11(18)10(17)7-8-5-3-4-6-9(8)13(14,15)16;1-9(12(18)17(2)19-3)8-10-6-4-5-7-11(10)13(14,15)16;1-8(11(17)7-16)6-9-4-2-3-5-10(9)12(13,14)15;1-7(10(15)16)6-8-4-2-3-5-9(8)11(12,13)14;1-8(7-15)6-9-4-2-3-5-10(9)11(12,13)14;11-10(12,13)7-4-2-1-3-6(7)5-8(14)9(15)16/h3-6,10-11,18H,2,7,17H2,1H3;4-7,9H,8H2,1-3H3;2-5,8,11,17H,6H2,1H3;2-5,7H,6H2,1H3,(H,15,16);2-5,7-8H,6H2,1H3;1-4,8H,5,14H2,(H,15,16)/t10-,11-;9-;8-,11?;7-;2*8-/m111111/s1. The number of rotatable bonds is 21. The normalized spacial score (nSPS) is 13.9. The SMILES string of the molecule is CCOC(=O)[C@H](O)[C@H](N)Cc1ccccc1C(F)(F)F.CON(C)C(=O)[C@H](C)Cc1ccccc1C(F)(F)F.C[C@@H](C=O)Cc1ccccc1C(F)(F)F.C[C@H](Cc1ccccc1C(F)(F)F)C(=O)O.C[C@H](Cc1ccccc1C(F)(F)F)C(O)C#N.N[C@H](Cc1ccccc1C(F)(F)F)C(=O)O. The number of nitriles is 1. The molecule has 568 valence electrons. The monoisotopic (exact) mass is 1490 g/mol. The van der Waals surface area contributed by atoms with Gasteiger partial charge in [-0.3, -0.25) is 19.2 Å². The van der Waals surface area contributed by atoms with Crippen molar-refractivity contribution in [3.05, 3.63) is 212 Å². The first-order valence-corrected chi connectivity index (χ1v) is 30.6. The zero-order valence-electron chi connectivity index (χ0n) is 56.0. The molecule has 0 aromatic heterocycles. The van der Waals surface area contributed by atoms with Gasteiger partial charge < -0.3 is 41.4 Å². The van der Waals surface area contributed by atoms with E-state index >= 15 is 0 Å². The molecule has 0 aliphatic carbocycles. The van der Waals surface area contributed by atoms with E-state index in [0.717, 1.165) is 41.5 Å². The molecule has 33 heteroatoms. The lowest BCUT2D eigenvalue weighted by Gasteiger charge is -2.20. The van der Waals surface area contributed by atoms with E-state index in [1.807, 2.05) is 0 Å². The van der Waals surface area contributed by atoms with Crippen LogP contribution in [0.15, 0.2) is 146 Å². The van der Waals surface area contributed by atoms with Crippen LogP contribution in [0.4, 0.5) is 79.0 Å². The summed E-state index contributed by atoms with van der Waals surface area (Å²) >= 11 is 0. The minimum Gasteiger partial charge on any atom is -0.481 e. The second kappa shape index (κ2) is 41.9.